The van der Waals surface area contributed by atoms with E-state index in [9.17, 15) is 9.59 Å². The molecule has 0 bridgehead atoms. The Morgan fingerprint density at radius 1 is 1.12 bits per heavy atom. The van der Waals surface area contributed by atoms with Crippen LogP contribution >= 0.6 is 0 Å². The maximum atomic E-state index is 11.7. The van der Waals surface area contributed by atoms with Crippen LogP contribution in [0.4, 0.5) is 0 Å². The van der Waals surface area contributed by atoms with Crippen LogP contribution in [0.25, 0.3) is 0 Å². The Bertz CT molecular complexity index is 254. The van der Waals surface area contributed by atoms with Crippen molar-refractivity contribution in [3.63, 3.8) is 0 Å². The summed E-state index contributed by atoms with van der Waals surface area (Å²) in [5.41, 5.74) is 5.64. The molecule has 0 aliphatic carbocycles. The predicted octanol–water partition coefficient (Wildman–Crippen LogP) is 0.391. The average Bonchev–Trinajstić information content (AvgIpc) is 2.26. The summed E-state index contributed by atoms with van der Waals surface area (Å²) < 4.78 is 0. The van der Waals surface area contributed by atoms with E-state index in [1.54, 1.807) is 14.0 Å². The molecule has 0 saturated carbocycles. The zero-order chi connectivity index (χ0) is 13.4. The molecule has 0 spiro atoms. The molecule has 0 aliphatic heterocycles. The van der Waals surface area contributed by atoms with E-state index in [1.807, 2.05) is 13.8 Å². The number of nitrogens with two attached hydrogens (primary N) is 1. The van der Waals surface area contributed by atoms with E-state index in [0.29, 0.717) is 0 Å². The van der Waals surface area contributed by atoms with Gasteiger partial charge in [-0.05, 0) is 26.7 Å². The Balaban J connectivity index is 3.93. The smallest absolute Gasteiger partial charge is 0.242 e. The maximum Gasteiger partial charge on any atom is 0.242 e. The summed E-state index contributed by atoms with van der Waals surface area (Å²) in [5, 5.41) is 5.18. The lowest BCUT2D eigenvalue weighted by Crippen LogP contribution is -2.45. The van der Waals surface area contributed by atoms with Crippen molar-refractivity contribution in [2.75, 3.05) is 7.05 Å². The molecule has 17 heavy (non-hydrogen) atoms. The van der Waals surface area contributed by atoms with Crippen molar-refractivity contribution in [3.05, 3.63) is 0 Å². The SMILES string of the molecule is CNC(=O)C(C)NC(=O)C(C)CCCC(C)N. The molecule has 5 heteroatoms. The first-order valence-electron chi connectivity index (χ1n) is 6.16. The van der Waals surface area contributed by atoms with Gasteiger partial charge in [0.1, 0.15) is 6.04 Å². The number of likely N-dealkylation sites (N-methyl/N-ethyl adjacent to an activating group) is 1. The van der Waals surface area contributed by atoms with Gasteiger partial charge < -0.3 is 16.4 Å². The van der Waals surface area contributed by atoms with Crippen LogP contribution in [-0.4, -0.2) is 30.9 Å². The number of rotatable bonds is 7. The first-order chi connectivity index (χ1) is 7.88. The maximum absolute atomic E-state index is 11.7. The molecule has 5 nitrogen and oxygen atoms in total. The van der Waals surface area contributed by atoms with Gasteiger partial charge in [-0.2, -0.15) is 0 Å². The summed E-state index contributed by atoms with van der Waals surface area (Å²) in [6.45, 7) is 5.50. The second-order valence-corrected chi connectivity index (χ2v) is 4.65. The minimum Gasteiger partial charge on any atom is -0.357 e. The van der Waals surface area contributed by atoms with Crippen LogP contribution in [-0.2, 0) is 9.59 Å². The van der Waals surface area contributed by atoms with Crippen LogP contribution in [0.5, 0.6) is 0 Å². The number of nitrogens with one attached hydrogen (secondary N) is 2. The van der Waals surface area contributed by atoms with Crippen LogP contribution in [0.3, 0.4) is 0 Å². The van der Waals surface area contributed by atoms with Gasteiger partial charge in [-0.15, -0.1) is 0 Å². The van der Waals surface area contributed by atoms with Gasteiger partial charge in [-0.25, -0.2) is 0 Å². The highest BCUT2D eigenvalue weighted by atomic mass is 16.2. The molecule has 0 aromatic rings. The van der Waals surface area contributed by atoms with E-state index in [-0.39, 0.29) is 23.8 Å². The quantitative estimate of drug-likeness (QED) is 0.605. The van der Waals surface area contributed by atoms with Crippen molar-refractivity contribution in [2.45, 2.75) is 52.1 Å². The standard InChI is InChI=1S/C12H25N3O2/c1-8(6-5-7-9(2)13)11(16)15-10(3)12(17)14-4/h8-10H,5-7,13H2,1-4H3,(H,14,17)(H,15,16). The molecule has 0 aromatic carbocycles. The van der Waals surface area contributed by atoms with Crippen molar-refractivity contribution in [2.24, 2.45) is 11.7 Å². The van der Waals surface area contributed by atoms with Crippen LogP contribution in [0, 0.1) is 5.92 Å². The predicted molar refractivity (Wildman–Crippen MR) is 68.3 cm³/mol. The highest BCUT2D eigenvalue weighted by molar-refractivity contribution is 5.87. The largest absolute Gasteiger partial charge is 0.357 e. The van der Waals surface area contributed by atoms with E-state index in [0.717, 1.165) is 19.3 Å². The van der Waals surface area contributed by atoms with E-state index in [4.69, 9.17) is 5.73 Å². The molecule has 0 fully saturated rings. The lowest BCUT2D eigenvalue weighted by Gasteiger charge is -2.16. The van der Waals surface area contributed by atoms with Crippen molar-refractivity contribution in [1.82, 2.24) is 10.6 Å². The van der Waals surface area contributed by atoms with Crippen LogP contribution in [0.2, 0.25) is 0 Å². The van der Waals surface area contributed by atoms with Crippen molar-refractivity contribution < 1.29 is 9.59 Å². The summed E-state index contributed by atoms with van der Waals surface area (Å²) in [6.07, 6.45) is 2.65. The Kier molecular flexibility index (Phi) is 7.54. The highest BCUT2D eigenvalue weighted by Gasteiger charge is 2.18. The second kappa shape index (κ2) is 8.06. The summed E-state index contributed by atoms with van der Waals surface area (Å²) in [5.74, 6) is -0.340. The molecule has 2 amide bonds. The van der Waals surface area contributed by atoms with Crippen molar-refractivity contribution >= 4 is 11.8 Å². The number of carbonyl (C=O) groups is 2. The fourth-order valence-corrected chi connectivity index (χ4v) is 1.51. The molecule has 0 heterocycles. The molecule has 4 N–H and O–H groups in total. The van der Waals surface area contributed by atoms with Gasteiger partial charge in [0.05, 0.1) is 0 Å². The molecule has 3 atom stereocenters. The summed E-state index contributed by atoms with van der Waals surface area (Å²) in [7, 11) is 1.55. The van der Waals surface area contributed by atoms with E-state index in [1.165, 1.54) is 0 Å². The van der Waals surface area contributed by atoms with Gasteiger partial charge in [0.25, 0.3) is 0 Å². The minimum absolute atomic E-state index is 0.0780. The van der Waals surface area contributed by atoms with Gasteiger partial charge in [-0.3, -0.25) is 9.59 Å². The Morgan fingerprint density at radius 3 is 2.18 bits per heavy atom. The van der Waals surface area contributed by atoms with Crippen molar-refractivity contribution in [3.8, 4) is 0 Å². The van der Waals surface area contributed by atoms with E-state index in [2.05, 4.69) is 10.6 Å². The van der Waals surface area contributed by atoms with Gasteiger partial charge in [0, 0.05) is 19.0 Å². The number of hydrogen-bond acceptors (Lipinski definition) is 3. The van der Waals surface area contributed by atoms with Gasteiger partial charge in [0.2, 0.25) is 11.8 Å². The topological polar surface area (TPSA) is 84.2 Å². The minimum atomic E-state index is -0.483. The summed E-state index contributed by atoms with van der Waals surface area (Å²) >= 11 is 0. The normalized spacial score (nSPS) is 15.8. The highest BCUT2D eigenvalue weighted by Crippen LogP contribution is 2.09. The lowest BCUT2D eigenvalue weighted by atomic mass is 10.0. The molecule has 3 unspecified atom stereocenters. The van der Waals surface area contributed by atoms with Gasteiger partial charge in [-0.1, -0.05) is 13.3 Å². The third kappa shape index (κ3) is 6.94. The monoisotopic (exact) mass is 243 g/mol. The van der Waals surface area contributed by atoms with E-state index < -0.39 is 6.04 Å². The third-order valence-corrected chi connectivity index (χ3v) is 2.74. The molecule has 0 aromatic heterocycles. The van der Waals surface area contributed by atoms with Crippen LogP contribution in [0.1, 0.15) is 40.0 Å². The molecule has 100 valence electrons. The van der Waals surface area contributed by atoms with Crippen LogP contribution < -0.4 is 16.4 Å². The number of carbonyl (C=O) groups excluding carboxylic acids is 2. The molecular formula is C12H25N3O2. The number of hydrogen-bond donors (Lipinski definition) is 3. The second-order valence-electron chi connectivity index (χ2n) is 4.65. The molecular weight excluding hydrogens is 218 g/mol. The fraction of sp³-hybridized carbons (Fsp3) is 0.833. The van der Waals surface area contributed by atoms with Gasteiger partial charge in [0.15, 0.2) is 0 Å². The molecule has 0 aliphatic rings. The van der Waals surface area contributed by atoms with Crippen LogP contribution in [0.15, 0.2) is 0 Å². The fourth-order valence-electron chi connectivity index (χ4n) is 1.51. The zero-order valence-electron chi connectivity index (χ0n) is 11.2. The molecule has 0 saturated heterocycles. The third-order valence-electron chi connectivity index (χ3n) is 2.74. The Hall–Kier alpha value is -1.10. The number of amides is 2. The summed E-state index contributed by atoms with van der Waals surface area (Å²) in [6, 6.07) is -0.307. The van der Waals surface area contributed by atoms with Gasteiger partial charge >= 0.3 is 0 Å². The average molecular weight is 243 g/mol. The Morgan fingerprint density at radius 2 is 1.71 bits per heavy atom. The van der Waals surface area contributed by atoms with Crippen molar-refractivity contribution in [1.29, 1.82) is 0 Å². The molecule has 0 radical (unpaired) electrons. The first kappa shape index (κ1) is 15.9. The zero-order valence-corrected chi connectivity index (χ0v) is 11.2. The van der Waals surface area contributed by atoms with E-state index >= 15 is 0 Å². The first-order valence-corrected chi connectivity index (χ1v) is 6.16. The summed E-state index contributed by atoms with van der Waals surface area (Å²) in [4.78, 5) is 23.0. The lowest BCUT2D eigenvalue weighted by molar-refractivity contribution is -0.130. The molecule has 0 rings (SSSR count). The Labute approximate surface area is 104 Å².